The van der Waals surface area contributed by atoms with Crippen LogP contribution < -0.4 is 25.3 Å². The highest BCUT2D eigenvalue weighted by atomic mass is 127. The van der Waals surface area contributed by atoms with E-state index >= 15 is 0 Å². The zero-order valence-electron chi connectivity index (χ0n) is 17.2. The molecule has 0 bridgehead atoms. The van der Waals surface area contributed by atoms with Crippen LogP contribution in [0.5, 0.6) is 17.2 Å². The van der Waals surface area contributed by atoms with E-state index in [1.54, 1.807) is 21.3 Å². The Morgan fingerprint density at radius 3 is 2.38 bits per heavy atom. The summed E-state index contributed by atoms with van der Waals surface area (Å²) in [6.07, 6.45) is 4.62. The van der Waals surface area contributed by atoms with Crippen LogP contribution in [0.3, 0.4) is 0 Å². The summed E-state index contributed by atoms with van der Waals surface area (Å²) in [6, 6.07) is 13.9. The Hall–Kier alpha value is -2.16. The molecule has 0 atom stereocenters. The molecule has 1 saturated carbocycles. The van der Waals surface area contributed by atoms with Gasteiger partial charge in [-0.2, -0.15) is 0 Å². The minimum Gasteiger partial charge on any atom is -0.497 e. The molecule has 0 aromatic heterocycles. The van der Waals surface area contributed by atoms with Crippen molar-refractivity contribution in [3.63, 3.8) is 0 Å². The lowest BCUT2D eigenvalue weighted by Gasteiger charge is -2.28. The molecule has 3 rings (SSSR count). The molecule has 1 fully saturated rings. The third-order valence-corrected chi connectivity index (χ3v) is 5.45. The first-order valence-electron chi connectivity index (χ1n) is 9.54. The molecule has 0 aliphatic heterocycles. The lowest BCUT2D eigenvalue weighted by atomic mass is 9.79. The number of nitrogens with zero attached hydrogens (tertiary/aromatic N) is 1. The van der Waals surface area contributed by atoms with Crippen LogP contribution in [0.15, 0.2) is 47.5 Å². The highest BCUT2D eigenvalue weighted by Crippen LogP contribution is 2.42. The molecule has 6 nitrogen and oxygen atoms in total. The molecule has 3 N–H and O–H groups in total. The Morgan fingerprint density at radius 2 is 1.72 bits per heavy atom. The predicted molar refractivity (Wildman–Crippen MR) is 128 cm³/mol. The number of hydrogen-bond donors (Lipinski definition) is 2. The molecule has 0 saturated heterocycles. The number of ether oxygens (including phenoxy) is 3. The van der Waals surface area contributed by atoms with E-state index in [2.05, 4.69) is 22.4 Å². The van der Waals surface area contributed by atoms with Gasteiger partial charge in [-0.1, -0.05) is 25.0 Å². The number of nitrogens with two attached hydrogens (primary N) is 1. The smallest absolute Gasteiger partial charge is 0.193 e. The van der Waals surface area contributed by atoms with Gasteiger partial charge in [-0.3, -0.25) is 4.99 Å². The van der Waals surface area contributed by atoms with Crippen molar-refractivity contribution in [3.05, 3.63) is 48.0 Å². The minimum atomic E-state index is 0. The number of nitrogens with one attached hydrogen (secondary N) is 1. The van der Waals surface area contributed by atoms with Crippen LogP contribution >= 0.6 is 24.0 Å². The average Bonchev–Trinajstić information content (AvgIpc) is 3.22. The van der Waals surface area contributed by atoms with Crippen molar-refractivity contribution in [1.82, 2.24) is 0 Å². The summed E-state index contributed by atoms with van der Waals surface area (Å²) in [4.78, 5) is 4.67. The zero-order valence-corrected chi connectivity index (χ0v) is 19.6. The Bertz CT molecular complexity index is 836. The van der Waals surface area contributed by atoms with E-state index in [1.807, 2.05) is 30.3 Å². The van der Waals surface area contributed by atoms with E-state index in [-0.39, 0.29) is 29.4 Å². The number of aliphatic imine (C=N–C) groups is 1. The summed E-state index contributed by atoms with van der Waals surface area (Å²) >= 11 is 0. The lowest BCUT2D eigenvalue weighted by molar-refractivity contribution is 0.355. The summed E-state index contributed by atoms with van der Waals surface area (Å²) in [6.45, 7) is 0.645. The topological polar surface area (TPSA) is 78.1 Å². The molecule has 2 aromatic carbocycles. The van der Waals surface area contributed by atoms with Crippen molar-refractivity contribution in [2.45, 2.75) is 31.1 Å². The van der Waals surface area contributed by atoms with Gasteiger partial charge in [-0.25, -0.2) is 0 Å². The van der Waals surface area contributed by atoms with Crippen LogP contribution in [0.1, 0.15) is 31.2 Å². The van der Waals surface area contributed by atoms with Gasteiger partial charge in [0, 0.05) is 17.2 Å². The molecule has 0 radical (unpaired) electrons. The van der Waals surface area contributed by atoms with Crippen molar-refractivity contribution in [2.24, 2.45) is 10.7 Å². The number of benzene rings is 2. The first-order chi connectivity index (χ1) is 13.6. The summed E-state index contributed by atoms with van der Waals surface area (Å²) in [5, 5.41) is 3.15. The fourth-order valence-electron chi connectivity index (χ4n) is 3.88. The van der Waals surface area contributed by atoms with E-state index in [1.165, 1.54) is 18.4 Å². The first kappa shape index (κ1) is 23.1. The fourth-order valence-corrected chi connectivity index (χ4v) is 3.88. The monoisotopic (exact) mass is 511 g/mol. The van der Waals surface area contributed by atoms with Gasteiger partial charge in [0.2, 0.25) is 0 Å². The maximum absolute atomic E-state index is 6.18. The van der Waals surface area contributed by atoms with Crippen molar-refractivity contribution in [1.29, 1.82) is 0 Å². The van der Waals surface area contributed by atoms with Crippen LogP contribution in [0.4, 0.5) is 5.69 Å². The van der Waals surface area contributed by atoms with Gasteiger partial charge >= 0.3 is 0 Å². The first-order valence-corrected chi connectivity index (χ1v) is 9.54. The third kappa shape index (κ3) is 5.46. The van der Waals surface area contributed by atoms with Gasteiger partial charge in [0.25, 0.3) is 0 Å². The van der Waals surface area contributed by atoms with Crippen LogP contribution in [0.2, 0.25) is 0 Å². The van der Waals surface area contributed by atoms with Gasteiger partial charge in [0.05, 0.1) is 27.9 Å². The van der Waals surface area contributed by atoms with Crippen LogP contribution in [-0.2, 0) is 5.41 Å². The van der Waals surface area contributed by atoms with E-state index in [0.29, 0.717) is 24.0 Å². The normalized spacial score (nSPS) is 15.3. The quantitative estimate of drug-likeness (QED) is 0.324. The van der Waals surface area contributed by atoms with Gasteiger partial charge in [-0.05, 0) is 42.7 Å². The van der Waals surface area contributed by atoms with E-state index in [4.69, 9.17) is 19.9 Å². The molecule has 7 heteroatoms. The summed E-state index contributed by atoms with van der Waals surface area (Å²) < 4.78 is 16.0. The molecule has 158 valence electrons. The number of hydrogen-bond acceptors (Lipinski definition) is 4. The Kier molecular flexibility index (Phi) is 8.43. The molecular formula is C22H30IN3O3. The highest BCUT2D eigenvalue weighted by molar-refractivity contribution is 14.0. The van der Waals surface area contributed by atoms with Crippen molar-refractivity contribution in [2.75, 3.05) is 33.2 Å². The Morgan fingerprint density at radius 1 is 1.00 bits per heavy atom. The third-order valence-electron chi connectivity index (χ3n) is 5.45. The summed E-state index contributed by atoms with van der Waals surface area (Å²) in [7, 11) is 4.92. The molecule has 1 aliphatic rings. The second-order valence-electron chi connectivity index (χ2n) is 7.12. The summed E-state index contributed by atoms with van der Waals surface area (Å²) in [5.41, 5.74) is 8.27. The number of methoxy groups -OCH3 is 3. The molecule has 0 heterocycles. The average molecular weight is 511 g/mol. The van der Waals surface area contributed by atoms with Crippen molar-refractivity contribution in [3.8, 4) is 17.2 Å². The predicted octanol–water partition coefficient (Wildman–Crippen LogP) is 4.57. The van der Waals surface area contributed by atoms with E-state index in [9.17, 15) is 0 Å². The van der Waals surface area contributed by atoms with Crippen LogP contribution in [0.25, 0.3) is 0 Å². The second kappa shape index (κ2) is 10.6. The molecule has 1 aliphatic carbocycles. The van der Waals surface area contributed by atoms with Crippen LogP contribution in [0, 0.1) is 0 Å². The zero-order chi connectivity index (χ0) is 20.0. The minimum absolute atomic E-state index is 0. The molecular weight excluding hydrogens is 481 g/mol. The molecule has 2 aromatic rings. The molecule has 0 unspecified atom stereocenters. The van der Waals surface area contributed by atoms with E-state index in [0.717, 1.165) is 24.3 Å². The lowest BCUT2D eigenvalue weighted by Crippen LogP contribution is -2.30. The Labute approximate surface area is 189 Å². The van der Waals surface area contributed by atoms with Gasteiger partial charge in [0.15, 0.2) is 17.5 Å². The van der Waals surface area contributed by atoms with Crippen molar-refractivity contribution < 1.29 is 14.2 Å². The molecule has 29 heavy (non-hydrogen) atoms. The molecule has 0 spiro atoms. The van der Waals surface area contributed by atoms with Crippen LogP contribution in [-0.4, -0.2) is 33.8 Å². The van der Waals surface area contributed by atoms with Gasteiger partial charge < -0.3 is 25.3 Å². The maximum atomic E-state index is 6.18. The fraction of sp³-hybridized carbons (Fsp3) is 0.409. The molecule has 0 amide bonds. The number of rotatable bonds is 7. The van der Waals surface area contributed by atoms with Crippen molar-refractivity contribution >= 4 is 35.6 Å². The van der Waals surface area contributed by atoms with E-state index < -0.39 is 0 Å². The number of halogens is 1. The highest BCUT2D eigenvalue weighted by Gasteiger charge is 2.35. The summed E-state index contributed by atoms with van der Waals surface area (Å²) in [5.74, 6) is 2.58. The number of guanidine groups is 1. The second-order valence-corrected chi connectivity index (χ2v) is 7.12. The van der Waals surface area contributed by atoms with Gasteiger partial charge in [0.1, 0.15) is 5.75 Å². The standard InChI is InChI=1S/C22H29N3O3.HI/c1-26-18-8-6-7-16(13-18)22(11-4-5-12-22)15-24-21(23)25-17-9-10-19(27-2)20(14-17)28-3;/h6-10,13-14H,4-5,11-12,15H2,1-3H3,(H3,23,24,25);1H. The number of anilines is 1. The Balaban J connectivity index is 0.00000300. The van der Waals surface area contributed by atoms with Gasteiger partial charge in [-0.15, -0.1) is 24.0 Å². The SMILES string of the molecule is COc1cccc(C2(CN=C(N)Nc3ccc(OC)c(OC)c3)CCCC2)c1.I. The largest absolute Gasteiger partial charge is 0.497 e. The maximum Gasteiger partial charge on any atom is 0.193 e.